The van der Waals surface area contributed by atoms with E-state index in [4.69, 9.17) is 60.3 Å². The molecule has 16 unspecified atom stereocenters. The molecule has 20 rings (SSSR count). The monoisotopic (exact) mass is 2100 g/mol. The third-order valence-corrected chi connectivity index (χ3v) is 31.3. The summed E-state index contributed by atoms with van der Waals surface area (Å²) >= 11 is 0. The zero-order valence-corrected chi connectivity index (χ0v) is 83.1. The molecule has 808 valence electrons. The number of nitrogens with zero attached hydrogens (tertiary/aromatic N) is 16. The van der Waals surface area contributed by atoms with E-state index in [1.54, 1.807) is 65.6 Å². The Labute approximate surface area is 938 Å². The standard InChI is InChI=1S/4C29H41F2N5O/c4*1-19(2)27-34-33-20(3)36(27)25-17-23-9-10-24(18-25)35(23)16-13-26(21-7-5-4-6-8-21)32-28(37)22-11-14-29(30,31)15-12-22/h4*4-8,19,22-26H,9-18H2,1-3H3,(H,32,37)/i1D3,3D3,11D2,12D2,14D2,15D2,16D2,19D;1D3,3D3,11D2,12D2,14D2,15D2,19D;1D3,3D3,16D2,19D;1D3,3D3,19D. The van der Waals surface area contributed by atoms with Gasteiger partial charge in [-0.15, -0.1) is 40.8 Å². The van der Waals surface area contributed by atoms with Crippen molar-refractivity contribution in [2.24, 2.45) is 23.7 Å². The second kappa shape index (κ2) is 48.3. The Balaban J connectivity index is 0.000000170. The number of aryl methyl sites for hydroxylation is 4. The zero-order valence-electron chi connectivity index (χ0n) is 131. The van der Waals surface area contributed by atoms with Crippen molar-refractivity contribution in [2.45, 2.75) is 457 Å². The molecule has 4 amide bonds. The molecule has 32 heteroatoms. The molecule has 12 fully saturated rings. The molecule has 8 saturated heterocycles. The summed E-state index contributed by atoms with van der Waals surface area (Å²) in [4.78, 5) is 61.9. The van der Waals surface area contributed by atoms with Gasteiger partial charge in [0.05, 0.1) is 24.2 Å². The maximum atomic E-state index is 15.1. The highest BCUT2D eigenvalue weighted by atomic mass is 19.3. The first kappa shape index (κ1) is 63.9. The lowest BCUT2D eigenvalue weighted by Gasteiger charge is -2.40. The van der Waals surface area contributed by atoms with Gasteiger partial charge in [-0.1, -0.05) is 176 Å². The molecule has 12 aliphatic rings. The number of carbonyl (C=O) groups excluding carboxylic acids is 4. The van der Waals surface area contributed by atoms with Gasteiger partial charge < -0.3 is 39.5 Å². The third kappa shape index (κ3) is 26.7. The second-order valence-electron chi connectivity index (χ2n) is 41.2. The molecule has 8 bridgehead atoms. The summed E-state index contributed by atoms with van der Waals surface area (Å²) in [6.07, 6.45) is -25.7. The number of alkyl halides is 8. The lowest BCUT2D eigenvalue weighted by molar-refractivity contribution is -0.131. The van der Waals surface area contributed by atoms with Crippen LogP contribution >= 0.6 is 0 Å². The predicted octanol–water partition coefficient (Wildman–Crippen LogP) is 23.8. The Morgan fingerprint density at radius 1 is 0.318 bits per heavy atom. The van der Waals surface area contributed by atoms with Gasteiger partial charge in [-0.2, -0.15) is 0 Å². The van der Waals surface area contributed by atoms with Crippen LogP contribution in [-0.4, -0.2) is 200 Å². The summed E-state index contributed by atoms with van der Waals surface area (Å²) in [6, 6.07) is 26.9. The second-order valence-corrected chi connectivity index (χ2v) is 41.2. The minimum Gasteiger partial charge on any atom is -0.349 e. The molecule has 4 saturated carbocycles. The minimum atomic E-state index is -5.20. The molecule has 148 heavy (non-hydrogen) atoms. The number of amides is 4. The molecule has 4 aliphatic carbocycles. The van der Waals surface area contributed by atoms with Gasteiger partial charge in [0.25, 0.3) is 0 Å². The van der Waals surface area contributed by atoms with Gasteiger partial charge in [-0.3, -0.25) is 38.8 Å². The summed E-state index contributed by atoms with van der Waals surface area (Å²) in [6.45, 7) is -20.9. The molecule has 8 aromatic rings. The van der Waals surface area contributed by atoms with Crippen molar-refractivity contribution in [3.8, 4) is 0 Å². The number of halogens is 8. The smallest absolute Gasteiger partial charge is 0.248 e. The number of carbonyl (C=O) groups is 4. The van der Waals surface area contributed by atoms with Crippen LogP contribution < -0.4 is 21.3 Å². The molecular weight excluding hydrogens is 1890 g/mol. The van der Waals surface area contributed by atoms with Crippen LogP contribution in [0.1, 0.15) is 492 Å². The van der Waals surface area contributed by atoms with E-state index in [1.165, 1.54) is 61.3 Å². The Bertz CT molecular complexity index is 7750. The quantitative estimate of drug-likeness (QED) is 0.0286. The Kier molecular flexibility index (Phi) is 20.9. The Morgan fingerprint density at radius 2 is 0.541 bits per heavy atom. The summed E-state index contributed by atoms with van der Waals surface area (Å²) in [5, 5.41) is 41.9. The van der Waals surface area contributed by atoms with Gasteiger partial charge in [0, 0.05) is 263 Å². The van der Waals surface area contributed by atoms with Crippen LogP contribution in [0.2, 0.25) is 0 Å². The van der Waals surface area contributed by atoms with Crippen LogP contribution in [0.25, 0.3) is 0 Å². The Morgan fingerprint density at radius 3 is 0.770 bits per heavy atom. The first-order valence-electron chi connectivity index (χ1n) is 75.3. The van der Waals surface area contributed by atoms with Crippen LogP contribution in [0.15, 0.2) is 121 Å². The number of hydrogen-bond donors (Lipinski definition) is 4. The number of hydrogen-bond acceptors (Lipinski definition) is 16. The first-order chi connectivity index (χ1) is 89.5. The fourth-order valence-corrected chi connectivity index (χ4v) is 24.0. The van der Waals surface area contributed by atoms with E-state index < -0.39 is 274 Å². The minimum absolute atomic E-state index is 0.0629. The highest BCUT2D eigenvalue weighted by molar-refractivity contribution is 5.81. The van der Waals surface area contributed by atoms with Crippen LogP contribution in [0, 0.1) is 51.1 Å². The number of aromatic nitrogens is 12. The van der Waals surface area contributed by atoms with Crippen molar-refractivity contribution < 1.29 is 120 Å². The summed E-state index contributed by atoms with van der Waals surface area (Å²) in [5.74, 6) is -37.9. The van der Waals surface area contributed by atoms with Crippen molar-refractivity contribution in [1.29, 1.82) is 0 Å². The average molecular weight is 2100 g/mol. The summed E-state index contributed by atoms with van der Waals surface area (Å²) in [5.41, 5.74) is 2.36. The molecule has 8 aliphatic heterocycles. The number of fused-ring (bicyclic) bond motifs is 8. The van der Waals surface area contributed by atoms with E-state index in [1.807, 2.05) is 36.4 Å². The molecule has 4 N–H and O–H groups in total. The number of piperidine rings is 4. The van der Waals surface area contributed by atoms with Gasteiger partial charge >= 0.3 is 0 Å². The molecule has 16 atom stereocenters. The highest BCUT2D eigenvalue weighted by Crippen LogP contribution is 2.50. The van der Waals surface area contributed by atoms with E-state index in [2.05, 4.69) is 71.9 Å². The molecule has 12 heterocycles. The molecule has 0 spiro atoms. The van der Waals surface area contributed by atoms with Crippen LogP contribution in [0.5, 0.6) is 0 Å². The van der Waals surface area contributed by atoms with Gasteiger partial charge in [-0.25, -0.2) is 35.1 Å². The van der Waals surface area contributed by atoms with Crippen molar-refractivity contribution in [1.82, 2.24) is 99.9 Å². The predicted molar refractivity (Wildman–Crippen MR) is 558 cm³/mol. The maximum Gasteiger partial charge on any atom is 0.248 e. The lowest BCUT2D eigenvalue weighted by Crippen LogP contribution is -2.45. The molecule has 4 aromatic heterocycles. The van der Waals surface area contributed by atoms with Crippen molar-refractivity contribution >= 4 is 23.6 Å². The molecule has 0 radical (unpaired) electrons. The fourth-order valence-electron chi connectivity index (χ4n) is 24.0. The van der Waals surface area contributed by atoms with Crippen molar-refractivity contribution in [3.63, 3.8) is 0 Å². The van der Waals surface area contributed by atoms with Crippen LogP contribution in [-0.2, 0) is 19.2 Å². The number of nitrogens with one attached hydrogen (secondary N) is 4. The van der Waals surface area contributed by atoms with Gasteiger partial charge in [0.1, 0.15) is 46.6 Å². The van der Waals surface area contributed by atoms with Gasteiger partial charge in [0.15, 0.2) is 0 Å². The van der Waals surface area contributed by atoms with E-state index in [9.17, 15) is 42.2 Å². The van der Waals surface area contributed by atoms with E-state index >= 15 is 17.6 Å². The lowest BCUT2D eigenvalue weighted by atomic mass is 9.86. The largest absolute Gasteiger partial charge is 0.349 e. The normalized spacial score (nSPS) is 36.9. The Hall–Kier alpha value is -9.40. The maximum absolute atomic E-state index is 15.1. The van der Waals surface area contributed by atoms with Crippen LogP contribution in [0.3, 0.4) is 0 Å². The topological polar surface area (TPSA) is 252 Å². The number of benzene rings is 4. The van der Waals surface area contributed by atoms with E-state index in [-0.39, 0.29) is 172 Å². The van der Waals surface area contributed by atoms with Crippen LogP contribution in [0.4, 0.5) is 35.1 Å². The van der Waals surface area contributed by atoms with E-state index in [0.717, 1.165) is 32.3 Å². The van der Waals surface area contributed by atoms with Gasteiger partial charge in [-0.05, 0) is 229 Å². The SMILES string of the molecule is [2H]C([2H])([2H])c1nnc(C([2H])(C)C([2H])([2H])[2H])n1C1CC2CCC(C1)N2C([2H])([2H])CC(NC(=O)C1C([2H])([2H])C([2H])([2H])C(F)(F)C([2H])([2H])C1([2H])[2H])c1ccccc1.[2H]C([2H])([2H])c1nnc(C([2H])(C)C([2H])([2H])[2H])n1C1CC2CCC(C1)N2C([2H])([2H])CC(NC(=O)C1CCC(F)(F)CC1)c1ccccc1.[2H]C([2H])([2H])c1nnc(C([2H])(C)C([2H])([2H])[2H])n1C1CC2CCC(C1)N2CCC(NC(=O)C1C([2H])([2H])C([2H])([2H])C(F)(F)C([2H])([2H])C1([2H])[2H])c1ccccc1.[2H]C([2H])([2H])c1nnc(C([2H])(C)C([2H])([2H])[2H])n1C1CC2CCC(C1)N2CCC(NC(=O)C1CCC(F)(F)CC1)c1ccccc1. The van der Waals surface area contributed by atoms with E-state index in [0.29, 0.717) is 108 Å². The first-order valence-corrected chi connectivity index (χ1v) is 51.3. The van der Waals surface area contributed by atoms with Crippen molar-refractivity contribution in [2.75, 3.05) is 26.1 Å². The fraction of sp³-hybridized carbons (Fsp3) is 0.690. The van der Waals surface area contributed by atoms with Gasteiger partial charge in [0.2, 0.25) is 47.3 Å². The molecule has 4 aromatic carbocycles. The molecule has 24 nitrogen and oxygen atoms in total. The summed E-state index contributed by atoms with van der Waals surface area (Å²) < 4.78 is 512. The highest BCUT2D eigenvalue weighted by Gasteiger charge is 2.50. The third-order valence-electron chi connectivity index (χ3n) is 31.3. The summed E-state index contributed by atoms with van der Waals surface area (Å²) in [7, 11) is 0. The average Bonchev–Trinajstić information content (AvgIpc) is 0.928. The van der Waals surface area contributed by atoms with Crippen molar-refractivity contribution in [3.05, 3.63) is 190 Å². The zero-order chi connectivity index (χ0) is 146. The number of rotatable bonds is 32. The molecular formula is C116H164F8N20O4.